The molecule has 5 nitrogen and oxygen atoms in total. The Hall–Kier alpha value is -1.66. The second-order valence-electron chi connectivity index (χ2n) is 4.99. The van der Waals surface area contributed by atoms with Gasteiger partial charge in [-0.1, -0.05) is 0 Å². The molecule has 1 aliphatic rings. The van der Waals surface area contributed by atoms with Crippen molar-refractivity contribution in [2.45, 2.75) is 31.8 Å². The van der Waals surface area contributed by atoms with Gasteiger partial charge >= 0.3 is 5.97 Å². The van der Waals surface area contributed by atoms with Crippen molar-refractivity contribution in [3.8, 4) is 10.8 Å². The number of likely N-dealkylation sites (tertiary alicyclic amines) is 1. The number of rotatable bonds is 5. The van der Waals surface area contributed by atoms with E-state index >= 15 is 0 Å². The first kappa shape index (κ1) is 13.3. The van der Waals surface area contributed by atoms with E-state index in [4.69, 9.17) is 9.52 Å². The van der Waals surface area contributed by atoms with Crippen LogP contribution < -0.4 is 0 Å². The SMILES string of the molecule is O=C(O)CC1CCCN1Cc1csc(-c2ccco2)n1. The average Bonchev–Trinajstić information content (AvgIpc) is 3.11. The van der Waals surface area contributed by atoms with E-state index in [9.17, 15) is 4.79 Å². The first-order chi connectivity index (χ1) is 9.72. The average molecular weight is 292 g/mol. The zero-order valence-electron chi connectivity index (χ0n) is 11.0. The highest BCUT2D eigenvalue weighted by Crippen LogP contribution is 2.27. The van der Waals surface area contributed by atoms with E-state index < -0.39 is 5.97 Å². The lowest BCUT2D eigenvalue weighted by Crippen LogP contribution is -2.30. The van der Waals surface area contributed by atoms with Crippen LogP contribution in [0.1, 0.15) is 25.0 Å². The van der Waals surface area contributed by atoms with E-state index in [1.165, 1.54) is 0 Å². The molecule has 6 heteroatoms. The first-order valence-corrected chi connectivity index (χ1v) is 7.54. The van der Waals surface area contributed by atoms with Crippen LogP contribution in [-0.2, 0) is 11.3 Å². The Labute approximate surface area is 120 Å². The minimum Gasteiger partial charge on any atom is -0.481 e. The van der Waals surface area contributed by atoms with Gasteiger partial charge in [-0.15, -0.1) is 11.3 Å². The van der Waals surface area contributed by atoms with Gasteiger partial charge < -0.3 is 9.52 Å². The summed E-state index contributed by atoms with van der Waals surface area (Å²) in [7, 11) is 0. The second-order valence-corrected chi connectivity index (χ2v) is 5.84. The number of nitrogens with zero attached hydrogens (tertiary/aromatic N) is 2. The fourth-order valence-electron chi connectivity index (χ4n) is 2.64. The topological polar surface area (TPSA) is 66.6 Å². The number of aliphatic carboxylic acids is 1. The van der Waals surface area contributed by atoms with Crippen molar-refractivity contribution in [2.75, 3.05) is 6.54 Å². The van der Waals surface area contributed by atoms with E-state index in [0.29, 0.717) is 0 Å². The van der Waals surface area contributed by atoms with Crippen LogP contribution in [0.3, 0.4) is 0 Å². The van der Waals surface area contributed by atoms with E-state index in [0.717, 1.165) is 42.4 Å². The number of carbonyl (C=O) groups is 1. The Bertz CT molecular complexity index is 579. The predicted octanol–water partition coefficient (Wildman–Crippen LogP) is 2.84. The summed E-state index contributed by atoms with van der Waals surface area (Å²) in [6.07, 6.45) is 3.88. The molecule has 2 aromatic rings. The van der Waals surface area contributed by atoms with Crippen molar-refractivity contribution >= 4 is 17.3 Å². The van der Waals surface area contributed by atoms with Gasteiger partial charge in [0.2, 0.25) is 0 Å². The van der Waals surface area contributed by atoms with Crippen LogP contribution >= 0.6 is 11.3 Å². The highest BCUT2D eigenvalue weighted by atomic mass is 32.1. The lowest BCUT2D eigenvalue weighted by atomic mass is 10.1. The van der Waals surface area contributed by atoms with E-state index in [2.05, 4.69) is 9.88 Å². The van der Waals surface area contributed by atoms with Gasteiger partial charge in [-0.3, -0.25) is 9.69 Å². The van der Waals surface area contributed by atoms with Crippen molar-refractivity contribution in [1.29, 1.82) is 0 Å². The van der Waals surface area contributed by atoms with Gasteiger partial charge in [-0.05, 0) is 31.5 Å². The normalized spacial score (nSPS) is 19.5. The standard InChI is InChI=1S/C14H16N2O3S/c17-13(18)7-11-3-1-5-16(11)8-10-9-20-14(15-10)12-4-2-6-19-12/h2,4,6,9,11H,1,3,5,7-8H2,(H,17,18). The summed E-state index contributed by atoms with van der Waals surface area (Å²) in [6.45, 7) is 1.67. The maximum Gasteiger partial charge on any atom is 0.304 e. The molecule has 1 N–H and O–H groups in total. The van der Waals surface area contributed by atoms with Gasteiger partial charge in [0, 0.05) is 18.0 Å². The summed E-state index contributed by atoms with van der Waals surface area (Å²) in [4.78, 5) is 17.6. The molecular weight excluding hydrogens is 276 g/mol. The smallest absolute Gasteiger partial charge is 0.304 e. The molecule has 1 saturated heterocycles. The Morgan fingerprint density at radius 1 is 1.60 bits per heavy atom. The van der Waals surface area contributed by atoms with Gasteiger partial charge in [0.25, 0.3) is 0 Å². The summed E-state index contributed by atoms with van der Waals surface area (Å²) in [5.41, 5.74) is 0.985. The molecule has 0 bridgehead atoms. The predicted molar refractivity (Wildman–Crippen MR) is 75.5 cm³/mol. The minimum absolute atomic E-state index is 0.140. The fraction of sp³-hybridized carbons (Fsp3) is 0.429. The monoisotopic (exact) mass is 292 g/mol. The third-order valence-electron chi connectivity index (χ3n) is 3.56. The third kappa shape index (κ3) is 2.91. The van der Waals surface area contributed by atoms with Crippen molar-refractivity contribution in [3.05, 3.63) is 29.5 Å². The summed E-state index contributed by atoms with van der Waals surface area (Å²) in [5, 5.41) is 11.8. The molecule has 1 aliphatic heterocycles. The summed E-state index contributed by atoms with van der Waals surface area (Å²) < 4.78 is 5.33. The van der Waals surface area contributed by atoms with Crippen molar-refractivity contribution < 1.29 is 14.3 Å². The van der Waals surface area contributed by atoms with Gasteiger partial charge in [0.15, 0.2) is 10.8 Å². The largest absolute Gasteiger partial charge is 0.481 e. The zero-order valence-corrected chi connectivity index (χ0v) is 11.8. The van der Waals surface area contributed by atoms with Crippen LogP contribution in [0.25, 0.3) is 10.8 Å². The van der Waals surface area contributed by atoms with Crippen LogP contribution in [0.15, 0.2) is 28.2 Å². The number of aromatic nitrogens is 1. The van der Waals surface area contributed by atoms with Crippen LogP contribution in [0, 0.1) is 0 Å². The number of furan rings is 1. The number of thiazole rings is 1. The molecule has 0 spiro atoms. The maximum atomic E-state index is 10.9. The summed E-state index contributed by atoms with van der Waals surface area (Å²) >= 11 is 1.56. The van der Waals surface area contributed by atoms with Crippen molar-refractivity contribution in [1.82, 2.24) is 9.88 Å². The van der Waals surface area contributed by atoms with E-state index in [1.807, 2.05) is 17.5 Å². The van der Waals surface area contributed by atoms with Gasteiger partial charge in [0.1, 0.15) is 0 Å². The lowest BCUT2D eigenvalue weighted by Gasteiger charge is -2.21. The van der Waals surface area contributed by atoms with Gasteiger partial charge in [-0.2, -0.15) is 0 Å². The van der Waals surface area contributed by atoms with Gasteiger partial charge in [-0.25, -0.2) is 4.98 Å². The Kier molecular flexibility index (Phi) is 3.84. The molecule has 0 aromatic carbocycles. The van der Waals surface area contributed by atoms with E-state index in [-0.39, 0.29) is 12.5 Å². The molecule has 0 amide bonds. The number of carboxylic acid groups (broad SMARTS) is 1. The molecule has 106 valence electrons. The highest BCUT2D eigenvalue weighted by molar-refractivity contribution is 7.13. The molecule has 3 rings (SSSR count). The highest BCUT2D eigenvalue weighted by Gasteiger charge is 2.27. The minimum atomic E-state index is -0.726. The van der Waals surface area contributed by atoms with Crippen molar-refractivity contribution in [2.24, 2.45) is 0 Å². The van der Waals surface area contributed by atoms with E-state index in [1.54, 1.807) is 17.6 Å². The molecule has 20 heavy (non-hydrogen) atoms. The molecule has 2 aromatic heterocycles. The lowest BCUT2D eigenvalue weighted by molar-refractivity contribution is -0.138. The number of hydrogen-bond acceptors (Lipinski definition) is 5. The molecule has 1 atom stereocenters. The molecule has 1 fully saturated rings. The van der Waals surface area contributed by atoms with Crippen LogP contribution in [0.5, 0.6) is 0 Å². The third-order valence-corrected chi connectivity index (χ3v) is 4.46. The zero-order chi connectivity index (χ0) is 13.9. The number of carboxylic acids is 1. The number of hydrogen-bond donors (Lipinski definition) is 1. The molecule has 0 aliphatic carbocycles. The summed E-state index contributed by atoms with van der Waals surface area (Å²) in [5.74, 6) is 0.0567. The Morgan fingerprint density at radius 2 is 2.50 bits per heavy atom. The molecular formula is C14H16N2O3S. The summed E-state index contributed by atoms with van der Waals surface area (Å²) in [6, 6.07) is 3.88. The fourth-order valence-corrected chi connectivity index (χ4v) is 3.41. The van der Waals surface area contributed by atoms with Crippen molar-refractivity contribution in [3.63, 3.8) is 0 Å². The maximum absolute atomic E-state index is 10.9. The Balaban J connectivity index is 1.67. The molecule has 3 heterocycles. The van der Waals surface area contributed by atoms with Crippen LogP contribution in [-0.4, -0.2) is 33.5 Å². The molecule has 0 radical (unpaired) electrons. The quantitative estimate of drug-likeness (QED) is 0.918. The second kappa shape index (κ2) is 5.76. The van der Waals surface area contributed by atoms with Crippen LogP contribution in [0.4, 0.5) is 0 Å². The molecule has 1 unspecified atom stereocenters. The molecule has 0 saturated carbocycles. The van der Waals surface area contributed by atoms with Gasteiger partial charge in [0.05, 0.1) is 18.4 Å². The van der Waals surface area contributed by atoms with Crippen LogP contribution in [0.2, 0.25) is 0 Å². The first-order valence-electron chi connectivity index (χ1n) is 6.66. The Morgan fingerprint density at radius 3 is 3.25 bits per heavy atom.